The topological polar surface area (TPSA) is 182 Å². The van der Waals surface area contributed by atoms with E-state index in [-0.39, 0.29) is 19.1 Å². The first kappa shape index (κ1) is 40.1. The number of hydrogen-bond acceptors (Lipinski definition) is 12. The molecule has 1 heterocycles. The molecule has 2 aliphatic carbocycles. The van der Waals surface area contributed by atoms with Gasteiger partial charge >= 0.3 is 11.9 Å². The highest BCUT2D eigenvalue weighted by Crippen LogP contribution is 2.53. The van der Waals surface area contributed by atoms with Crippen LogP contribution in [0.25, 0.3) is 11.1 Å². The highest BCUT2D eigenvalue weighted by Gasteiger charge is 2.56. The number of benzene rings is 2. The van der Waals surface area contributed by atoms with Crippen LogP contribution in [-0.2, 0) is 26.5 Å². The van der Waals surface area contributed by atoms with Crippen LogP contribution in [0.4, 0.5) is 0 Å². The Hall–Kier alpha value is -3.11. The molecule has 284 valence electrons. The lowest BCUT2D eigenvalue weighted by atomic mass is 9.96. The Morgan fingerprint density at radius 3 is 2.52 bits per heavy atom. The number of thioether (sulfide) groups is 1. The van der Waals surface area contributed by atoms with Crippen molar-refractivity contribution in [2.24, 2.45) is 0 Å². The SMILES string of the molecule is CCCCCC(=O)N(CCCCSc1ccc(C)c(COC2(c3cnccc3-c3ccccc3OC3CC3)CC2)c1)C(O)(O)C(O)(O)OC(O)CO. The largest absolute Gasteiger partial charge is 0.490 e. The van der Waals surface area contributed by atoms with Crippen molar-refractivity contribution in [3.05, 3.63) is 77.6 Å². The molecule has 2 fully saturated rings. The van der Waals surface area contributed by atoms with Crippen molar-refractivity contribution >= 4 is 17.7 Å². The van der Waals surface area contributed by atoms with Crippen molar-refractivity contribution in [2.45, 2.75) is 119 Å². The molecule has 12 nitrogen and oxygen atoms in total. The van der Waals surface area contributed by atoms with Crippen molar-refractivity contribution in [3.8, 4) is 16.9 Å². The predicted octanol–water partition coefficient (Wildman–Crippen LogP) is 4.69. The number of aliphatic hydroxyl groups is 6. The molecule has 0 spiro atoms. The van der Waals surface area contributed by atoms with E-state index in [1.54, 1.807) is 11.8 Å². The minimum Gasteiger partial charge on any atom is -0.490 e. The molecular weight excluding hydrogens is 689 g/mol. The fourth-order valence-electron chi connectivity index (χ4n) is 6.02. The average molecular weight is 741 g/mol. The Balaban J connectivity index is 1.19. The summed E-state index contributed by atoms with van der Waals surface area (Å²) < 4.78 is 17.4. The molecule has 1 atom stereocenters. The van der Waals surface area contributed by atoms with E-state index in [4.69, 9.17) is 14.6 Å². The molecule has 52 heavy (non-hydrogen) atoms. The van der Waals surface area contributed by atoms with E-state index in [1.165, 1.54) is 0 Å². The normalized spacial score (nSPS) is 16.1. The maximum atomic E-state index is 13.0. The van der Waals surface area contributed by atoms with Gasteiger partial charge in [-0.05, 0) is 98.6 Å². The lowest BCUT2D eigenvalue weighted by Gasteiger charge is -2.42. The smallest absolute Gasteiger partial charge is 0.360 e. The molecule has 2 saturated carbocycles. The summed E-state index contributed by atoms with van der Waals surface area (Å²) in [6, 6.07) is 16.4. The van der Waals surface area contributed by atoms with E-state index < -0.39 is 36.3 Å². The minimum absolute atomic E-state index is 0.0518. The number of pyridine rings is 1. The number of unbranched alkanes of at least 4 members (excludes halogenated alkanes) is 3. The quantitative estimate of drug-likeness (QED) is 0.0476. The van der Waals surface area contributed by atoms with Gasteiger partial charge in [-0.25, -0.2) is 0 Å². The van der Waals surface area contributed by atoms with E-state index in [9.17, 15) is 30.3 Å². The summed E-state index contributed by atoms with van der Waals surface area (Å²) in [6.07, 6.45) is 8.68. The third-order valence-electron chi connectivity index (χ3n) is 9.45. The lowest BCUT2D eigenvalue weighted by Crippen LogP contribution is -2.68. The Bertz CT molecular complexity index is 1630. The third kappa shape index (κ3) is 10.1. The molecule has 1 aromatic heterocycles. The second-order valence-electron chi connectivity index (χ2n) is 13.7. The van der Waals surface area contributed by atoms with Gasteiger partial charge in [0.1, 0.15) is 5.75 Å². The Labute approximate surface area is 309 Å². The Morgan fingerprint density at radius 1 is 1.04 bits per heavy atom. The van der Waals surface area contributed by atoms with E-state index >= 15 is 0 Å². The highest BCUT2D eigenvalue weighted by molar-refractivity contribution is 7.99. The summed E-state index contributed by atoms with van der Waals surface area (Å²) in [5.74, 6) is -6.55. The van der Waals surface area contributed by atoms with Gasteiger partial charge in [-0.1, -0.05) is 44.0 Å². The Kier molecular flexibility index (Phi) is 13.7. The maximum absolute atomic E-state index is 13.0. The standard InChI is InChI=1S/C39H52N2O10S/c1-3-4-5-12-35(43)41(38(45,46)39(47,48)51-36(44)25-42)21-8-9-22-52-30-16-13-27(2)28(23-30)26-49-37(18-19-37)33-24-40-20-17-31(33)32-10-6-7-11-34(32)50-29-14-15-29/h6-7,10-11,13,16-17,20,23-24,29,36,42,44-48H,3-5,8-9,12,14-15,18-19,21-22,25-26H2,1-2H3. The number of carbonyl (C=O) groups is 1. The number of hydrogen-bond donors (Lipinski definition) is 6. The van der Waals surface area contributed by atoms with Crippen molar-refractivity contribution in [2.75, 3.05) is 18.9 Å². The van der Waals surface area contributed by atoms with E-state index in [2.05, 4.69) is 34.8 Å². The van der Waals surface area contributed by atoms with Gasteiger partial charge in [0.2, 0.25) is 5.91 Å². The number of amides is 1. The van der Waals surface area contributed by atoms with Gasteiger partial charge in [-0.15, -0.1) is 11.8 Å². The molecule has 0 saturated heterocycles. The van der Waals surface area contributed by atoms with Crippen LogP contribution >= 0.6 is 11.8 Å². The minimum atomic E-state index is -3.77. The second kappa shape index (κ2) is 17.8. The van der Waals surface area contributed by atoms with Gasteiger partial charge < -0.3 is 40.1 Å². The van der Waals surface area contributed by atoms with Crippen LogP contribution in [0.1, 0.15) is 87.8 Å². The van der Waals surface area contributed by atoms with E-state index in [0.29, 0.717) is 36.5 Å². The second-order valence-corrected chi connectivity index (χ2v) is 14.8. The van der Waals surface area contributed by atoms with Gasteiger partial charge in [-0.2, -0.15) is 0 Å². The molecule has 5 rings (SSSR count). The molecule has 2 aromatic carbocycles. The van der Waals surface area contributed by atoms with Crippen LogP contribution in [-0.4, -0.2) is 89.6 Å². The highest BCUT2D eigenvalue weighted by atomic mass is 32.2. The van der Waals surface area contributed by atoms with Crippen molar-refractivity contribution in [1.82, 2.24) is 9.88 Å². The number of carbonyl (C=O) groups excluding carboxylic acids is 1. The van der Waals surface area contributed by atoms with E-state index in [0.717, 1.165) is 77.0 Å². The molecule has 2 aliphatic rings. The first-order valence-electron chi connectivity index (χ1n) is 18.1. The molecular formula is C39H52N2O10S. The molecule has 3 aromatic rings. The zero-order chi connectivity index (χ0) is 37.4. The van der Waals surface area contributed by atoms with Gasteiger partial charge in [0, 0.05) is 41.4 Å². The third-order valence-corrected chi connectivity index (χ3v) is 10.5. The zero-order valence-corrected chi connectivity index (χ0v) is 30.8. The van der Waals surface area contributed by atoms with Crippen molar-refractivity contribution in [3.63, 3.8) is 0 Å². The molecule has 0 bridgehead atoms. The van der Waals surface area contributed by atoms with Gasteiger partial charge in [0.25, 0.3) is 0 Å². The first-order chi connectivity index (χ1) is 24.9. The van der Waals surface area contributed by atoms with Gasteiger partial charge in [0.05, 0.1) is 24.9 Å². The molecule has 13 heteroatoms. The Morgan fingerprint density at radius 2 is 1.81 bits per heavy atom. The summed E-state index contributed by atoms with van der Waals surface area (Å²) in [4.78, 5) is 19.0. The number of aliphatic hydroxyl groups excluding tert-OH is 2. The molecule has 1 unspecified atom stereocenters. The van der Waals surface area contributed by atoms with Crippen LogP contribution in [0.2, 0.25) is 0 Å². The van der Waals surface area contributed by atoms with Gasteiger partial charge in [-0.3, -0.25) is 19.4 Å². The molecule has 1 amide bonds. The fourth-order valence-corrected chi connectivity index (χ4v) is 7.00. The van der Waals surface area contributed by atoms with Crippen LogP contribution < -0.4 is 4.74 Å². The number of aromatic nitrogens is 1. The summed E-state index contributed by atoms with van der Waals surface area (Å²) in [5, 5.41) is 60.4. The number of ether oxygens (including phenoxy) is 3. The number of rotatable bonds is 22. The monoisotopic (exact) mass is 740 g/mol. The van der Waals surface area contributed by atoms with Crippen molar-refractivity contribution in [1.29, 1.82) is 0 Å². The van der Waals surface area contributed by atoms with E-state index in [1.807, 2.05) is 49.6 Å². The average Bonchev–Trinajstić information content (AvgIpc) is 4.07. The lowest BCUT2D eigenvalue weighted by molar-refractivity contribution is -0.510. The maximum Gasteiger partial charge on any atom is 0.360 e. The summed E-state index contributed by atoms with van der Waals surface area (Å²) in [7, 11) is 0. The summed E-state index contributed by atoms with van der Waals surface area (Å²) in [5.41, 5.74) is 4.94. The summed E-state index contributed by atoms with van der Waals surface area (Å²) in [6.45, 7) is 3.18. The molecule has 0 aliphatic heterocycles. The molecule has 0 radical (unpaired) electrons. The number of aryl methyl sites for hydroxylation is 1. The van der Waals surface area contributed by atoms with Crippen molar-refractivity contribution < 1.29 is 49.6 Å². The first-order valence-corrected chi connectivity index (χ1v) is 19.1. The van der Waals surface area contributed by atoms with Gasteiger partial charge in [0.15, 0.2) is 6.29 Å². The fraction of sp³-hybridized carbons (Fsp3) is 0.538. The molecule has 6 N–H and O–H groups in total. The van der Waals surface area contributed by atoms with Crippen LogP contribution in [0.15, 0.2) is 65.8 Å². The zero-order valence-electron chi connectivity index (χ0n) is 29.9. The summed E-state index contributed by atoms with van der Waals surface area (Å²) >= 11 is 1.61. The number of para-hydroxylation sites is 1. The van der Waals surface area contributed by atoms with Crippen LogP contribution in [0, 0.1) is 6.92 Å². The predicted molar refractivity (Wildman–Crippen MR) is 195 cm³/mol. The van der Waals surface area contributed by atoms with Crippen LogP contribution in [0.5, 0.6) is 5.75 Å². The number of nitrogens with zero attached hydrogens (tertiary/aromatic N) is 2. The van der Waals surface area contributed by atoms with Crippen LogP contribution in [0.3, 0.4) is 0 Å².